The molecule has 0 spiro atoms. The Morgan fingerprint density at radius 2 is 2.33 bits per heavy atom. The van der Waals surface area contributed by atoms with Crippen molar-refractivity contribution in [2.45, 2.75) is 6.54 Å². The Morgan fingerprint density at radius 3 is 3.00 bits per heavy atom. The first-order chi connectivity index (χ1) is 7.16. The Morgan fingerprint density at radius 1 is 1.53 bits per heavy atom. The van der Waals surface area contributed by atoms with Crippen molar-refractivity contribution in [3.8, 4) is 0 Å². The van der Waals surface area contributed by atoms with Crippen molar-refractivity contribution in [2.75, 3.05) is 0 Å². The highest BCUT2D eigenvalue weighted by molar-refractivity contribution is 9.11. The molecule has 0 saturated heterocycles. The van der Waals surface area contributed by atoms with E-state index >= 15 is 0 Å². The highest BCUT2D eigenvalue weighted by Crippen LogP contribution is 2.20. The molecule has 0 unspecified atom stereocenters. The number of thiophene rings is 1. The molecule has 0 aliphatic rings. The molecule has 2 aromatic heterocycles. The molecular weight excluding hydrogens is 281 g/mol. The van der Waals surface area contributed by atoms with Gasteiger partial charge in [-0.15, -0.1) is 11.3 Å². The van der Waals surface area contributed by atoms with Gasteiger partial charge in [0.1, 0.15) is 0 Å². The quantitative estimate of drug-likeness (QED) is 0.833. The van der Waals surface area contributed by atoms with Gasteiger partial charge in [-0.2, -0.15) is 0 Å². The molecule has 0 radical (unpaired) electrons. The smallest absolute Gasteiger partial charge is 0.286 e. The fraction of sp³-hybridized carbons (Fsp3) is 0.100. The zero-order chi connectivity index (χ0) is 10.8. The van der Waals surface area contributed by atoms with Gasteiger partial charge in [-0.25, -0.2) is 4.39 Å². The van der Waals surface area contributed by atoms with Gasteiger partial charge in [0, 0.05) is 6.20 Å². The van der Waals surface area contributed by atoms with Crippen LogP contribution in [0.1, 0.15) is 5.56 Å². The van der Waals surface area contributed by atoms with E-state index in [0.29, 0.717) is 6.54 Å². The number of pyridine rings is 1. The number of hydrogen-bond donors (Lipinski definition) is 0. The maximum absolute atomic E-state index is 12.9. The average Bonchev–Trinajstić information content (AvgIpc) is 2.59. The third-order valence-corrected chi connectivity index (χ3v) is 3.50. The summed E-state index contributed by atoms with van der Waals surface area (Å²) in [5.74, 6) is -0.716. The second-order valence-corrected chi connectivity index (χ2v) is 5.34. The van der Waals surface area contributed by atoms with Crippen LogP contribution >= 0.6 is 27.3 Å². The largest absolute Gasteiger partial charge is 0.309 e. The fourth-order valence-electron chi connectivity index (χ4n) is 1.26. The van der Waals surface area contributed by atoms with Crippen molar-refractivity contribution >= 4 is 27.3 Å². The third kappa shape index (κ3) is 2.35. The Bertz CT molecular complexity index is 534. The molecule has 0 N–H and O–H groups in total. The van der Waals surface area contributed by atoms with E-state index in [4.69, 9.17) is 0 Å². The van der Waals surface area contributed by atoms with Gasteiger partial charge >= 0.3 is 0 Å². The van der Waals surface area contributed by atoms with E-state index in [1.807, 2.05) is 11.4 Å². The van der Waals surface area contributed by atoms with Crippen molar-refractivity contribution in [3.05, 3.63) is 55.3 Å². The van der Waals surface area contributed by atoms with Gasteiger partial charge in [-0.1, -0.05) is 0 Å². The minimum Gasteiger partial charge on any atom is -0.309 e. The lowest BCUT2D eigenvalue weighted by Crippen LogP contribution is -2.22. The minimum atomic E-state index is -0.716. The normalized spacial score (nSPS) is 10.5. The Hall–Kier alpha value is -0.940. The summed E-state index contributed by atoms with van der Waals surface area (Å²) >= 11 is 4.88. The summed E-state index contributed by atoms with van der Waals surface area (Å²) in [6.07, 6.45) is 1.58. The van der Waals surface area contributed by atoms with Crippen LogP contribution in [-0.2, 0) is 6.54 Å². The molecule has 2 heterocycles. The topological polar surface area (TPSA) is 22.0 Å². The third-order valence-electron chi connectivity index (χ3n) is 1.95. The molecule has 0 bridgehead atoms. The van der Waals surface area contributed by atoms with Crippen LogP contribution in [0.3, 0.4) is 0 Å². The van der Waals surface area contributed by atoms with E-state index < -0.39 is 11.4 Å². The first-order valence-corrected chi connectivity index (χ1v) is 5.92. The maximum atomic E-state index is 12.9. The van der Waals surface area contributed by atoms with E-state index in [0.717, 1.165) is 9.35 Å². The summed E-state index contributed by atoms with van der Waals surface area (Å²) in [5, 5.41) is 1.93. The first kappa shape index (κ1) is 10.6. The van der Waals surface area contributed by atoms with Crippen LogP contribution in [0.25, 0.3) is 0 Å². The summed E-state index contributed by atoms with van der Waals surface area (Å²) in [7, 11) is 0. The highest BCUT2D eigenvalue weighted by Gasteiger charge is 2.03. The molecule has 5 heteroatoms. The summed E-state index contributed by atoms with van der Waals surface area (Å²) in [6.45, 7) is 0.401. The molecule has 2 rings (SSSR count). The van der Waals surface area contributed by atoms with Crippen molar-refractivity contribution < 1.29 is 4.39 Å². The van der Waals surface area contributed by atoms with E-state index in [-0.39, 0.29) is 0 Å². The summed E-state index contributed by atoms with van der Waals surface area (Å²) < 4.78 is 15.3. The maximum Gasteiger partial charge on any atom is 0.286 e. The zero-order valence-corrected chi connectivity index (χ0v) is 10.0. The van der Waals surface area contributed by atoms with Crippen LogP contribution in [0, 0.1) is 5.82 Å². The van der Waals surface area contributed by atoms with Gasteiger partial charge in [0.05, 0.1) is 10.3 Å². The molecule has 0 fully saturated rings. The molecule has 0 aromatic carbocycles. The van der Waals surface area contributed by atoms with Gasteiger partial charge in [-0.05, 0) is 45.1 Å². The van der Waals surface area contributed by atoms with Crippen LogP contribution in [0.15, 0.2) is 38.4 Å². The van der Waals surface area contributed by atoms with E-state index in [1.54, 1.807) is 17.5 Å². The second kappa shape index (κ2) is 4.28. The zero-order valence-electron chi connectivity index (χ0n) is 7.61. The van der Waals surface area contributed by atoms with Crippen molar-refractivity contribution in [1.82, 2.24) is 4.57 Å². The van der Waals surface area contributed by atoms with Crippen LogP contribution in [-0.4, -0.2) is 4.57 Å². The minimum absolute atomic E-state index is 0.401. The average molecular weight is 288 g/mol. The summed E-state index contributed by atoms with van der Waals surface area (Å²) in [5.41, 5.74) is 0.402. The predicted molar refractivity (Wildman–Crippen MR) is 61.8 cm³/mol. The standard InChI is InChI=1S/C10H7BrFNOS/c11-9-4-7(6-15-9)5-13-3-1-2-8(12)10(13)14/h1-4,6H,5H2. The van der Waals surface area contributed by atoms with Crippen LogP contribution < -0.4 is 5.56 Å². The van der Waals surface area contributed by atoms with E-state index in [2.05, 4.69) is 15.9 Å². The monoisotopic (exact) mass is 287 g/mol. The van der Waals surface area contributed by atoms with E-state index in [9.17, 15) is 9.18 Å². The number of halogens is 2. The van der Waals surface area contributed by atoms with Gasteiger partial charge in [0.15, 0.2) is 5.82 Å². The Balaban J connectivity index is 2.32. The number of aromatic nitrogens is 1. The lowest BCUT2D eigenvalue weighted by atomic mass is 10.3. The van der Waals surface area contributed by atoms with Gasteiger partial charge < -0.3 is 4.57 Å². The van der Waals surface area contributed by atoms with Gasteiger partial charge in [-0.3, -0.25) is 4.79 Å². The number of nitrogens with zero attached hydrogens (tertiary/aromatic N) is 1. The summed E-state index contributed by atoms with van der Waals surface area (Å²) in [4.78, 5) is 11.4. The van der Waals surface area contributed by atoms with Crippen molar-refractivity contribution in [3.63, 3.8) is 0 Å². The van der Waals surface area contributed by atoms with Crippen LogP contribution in [0.4, 0.5) is 4.39 Å². The Labute approximate surface area is 98.1 Å². The lowest BCUT2D eigenvalue weighted by Gasteiger charge is -2.02. The highest BCUT2D eigenvalue weighted by atomic mass is 79.9. The lowest BCUT2D eigenvalue weighted by molar-refractivity contribution is 0.581. The summed E-state index contributed by atoms with van der Waals surface area (Å²) in [6, 6.07) is 4.61. The van der Waals surface area contributed by atoms with Crippen molar-refractivity contribution in [2.24, 2.45) is 0 Å². The predicted octanol–water partition coefficient (Wildman–Crippen LogP) is 2.86. The molecule has 78 valence electrons. The first-order valence-electron chi connectivity index (χ1n) is 4.24. The number of rotatable bonds is 2. The molecule has 0 aliphatic heterocycles. The molecule has 0 atom stereocenters. The molecule has 15 heavy (non-hydrogen) atoms. The van der Waals surface area contributed by atoms with Gasteiger partial charge in [0.25, 0.3) is 5.56 Å². The second-order valence-electron chi connectivity index (χ2n) is 3.05. The molecule has 2 nitrogen and oxygen atoms in total. The molecule has 2 aromatic rings. The molecular formula is C10H7BrFNOS. The van der Waals surface area contributed by atoms with Crippen molar-refractivity contribution in [1.29, 1.82) is 0 Å². The SMILES string of the molecule is O=c1c(F)cccn1Cc1csc(Br)c1. The molecule has 0 amide bonds. The Kier molecular flexibility index (Phi) is 3.02. The van der Waals surface area contributed by atoms with Gasteiger partial charge in [0.2, 0.25) is 0 Å². The van der Waals surface area contributed by atoms with Crippen LogP contribution in [0.5, 0.6) is 0 Å². The fourth-order valence-corrected chi connectivity index (χ4v) is 2.46. The molecule has 0 aliphatic carbocycles. The van der Waals surface area contributed by atoms with Crippen LogP contribution in [0.2, 0.25) is 0 Å². The van der Waals surface area contributed by atoms with E-state index in [1.165, 1.54) is 16.7 Å². The number of hydrogen-bond acceptors (Lipinski definition) is 2. The molecule has 0 saturated carbocycles.